The zero-order valence-corrected chi connectivity index (χ0v) is 10.0. The fourth-order valence-corrected chi connectivity index (χ4v) is 2.46. The third-order valence-corrected chi connectivity index (χ3v) is 3.55. The number of nitrogens with one attached hydrogen (secondary N) is 1. The van der Waals surface area contributed by atoms with Gasteiger partial charge in [0, 0.05) is 6.04 Å². The van der Waals surface area contributed by atoms with Crippen LogP contribution in [-0.4, -0.2) is 12.6 Å². The molecule has 14 heavy (non-hydrogen) atoms. The summed E-state index contributed by atoms with van der Waals surface area (Å²) in [6.45, 7) is 5.92. The summed E-state index contributed by atoms with van der Waals surface area (Å²) in [6, 6.07) is 0.834. The van der Waals surface area contributed by atoms with E-state index >= 15 is 0 Å². The minimum absolute atomic E-state index is 0.834. The normalized spacial score (nSPS) is 27.0. The minimum Gasteiger partial charge on any atom is -0.314 e. The van der Waals surface area contributed by atoms with E-state index in [2.05, 4.69) is 19.2 Å². The second-order valence-corrected chi connectivity index (χ2v) is 4.88. The molecule has 2 atom stereocenters. The van der Waals surface area contributed by atoms with Crippen LogP contribution < -0.4 is 5.32 Å². The van der Waals surface area contributed by atoms with Gasteiger partial charge in [-0.2, -0.15) is 0 Å². The SMILES string of the molecule is CCCCCCCNC1CCCC1C. The van der Waals surface area contributed by atoms with Crippen molar-refractivity contribution in [2.75, 3.05) is 6.54 Å². The highest BCUT2D eigenvalue weighted by molar-refractivity contribution is 4.79. The summed E-state index contributed by atoms with van der Waals surface area (Å²) in [4.78, 5) is 0. The second kappa shape index (κ2) is 7.28. The summed E-state index contributed by atoms with van der Waals surface area (Å²) in [7, 11) is 0. The first-order valence-corrected chi connectivity index (χ1v) is 6.58. The van der Waals surface area contributed by atoms with E-state index in [9.17, 15) is 0 Å². The van der Waals surface area contributed by atoms with Crippen LogP contribution in [0.4, 0.5) is 0 Å². The Kier molecular flexibility index (Phi) is 6.25. The van der Waals surface area contributed by atoms with E-state index < -0.39 is 0 Å². The Balaban J connectivity index is 1.88. The van der Waals surface area contributed by atoms with E-state index in [0.29, 0.717) is 0 Å². The first-order chi connectivity index (χ1) is 6.84. The highest BCUT2D eigenvalue weighted by atomic mass is 14.9. The molecule has 0 spiro atoms. The number of hydrogen-bond donors (Lipinski definition) is 1. The van der Waals surface area contributed by atoms with Crippen LogP contribution in [0.2, 0.25) is 0 Å². The Bertz CT molecular complexity index is 133. The Morgan fingerprint density at radius 2 is 1.86 bits per heavy atom. The summed E-state index contributed by atoms with van der Waals surface area (Å²) in [5.74, 6) is 0.922. The van der Waals surface area contributed by atoms with Crippen LogP contribution in [0.15, 0.2) is 0 Å². The number of rotatable bonds is 7. The van der Waals surface area contributed by atoms with E-state index in [1.54, 1.807) is 0 Å². The van der Waals surface area contributed by atoms with Gasteiger partial charge < -0.3 is 5.32 Å². The van der Waals surface area contributed by atoms with Crippen molar-refractivity contribution >= 4 is 0 Å². The quantitative estimate of drug-likeness (QED) is 0.613. The molecule has 0 amide bonds. The summed E-state index contributed by atoms with van der Waals surface area (Å²) < 4.78 is 0. The third kappa shape index (κ3) is 4.45. The van der Waals surface area contributed by atoms with E-state index in [1.165, 1.54) is 57.9 Å². The van der Waals surface area contributed by atoms with Gasteiger partial charge in [0.1, 0.15) is 0 Å². The van der Waals surface area contributed by atoms with Crippen LogP contribution in [0, 0.1) is 5.92 Å². The van der Waals surface area contributed by atoms with E-state index in [-0.39, 0.29) is 0 Å². The summed E-state index contributed by atoms with van der Waals surface area (Å²) >= 11 is 0. The molecule has 0 aromatic carbocycles. The van der Waals surface area contributed by atoms with Gasteiger partial charge in [0.2, 0.25) is 0 Å². The van der Waals surface area contributed by atoms with Gasteiger partial charge in [0.25, 0.3) is 0 Å². The average Bonchev–Trinajstić information content (AvgIpc) is 2.58. The monoisotopic (exact) mass is 197 g/mol. The molecule has 0 aromatic heterocycles. The van der Waals surface area contributed by atoms with Crippen LogP contribution in [0.25, 0.3) is 0 Å². The van der Waals surface area contributed by atoms with Crippen molar-refractivity contribution in [3.63, 3.8) is 0 Å². The Labute approximate surface area is 89.7 Å². The van der Waals surface area contributed by atoms with Gasteiger partial charge in [-0.3, -0.25) is 0 Å². The highest BCUT2D eigenvalue weighted by Gasteiger charge is 2.21. The van der Waals surface area contributed by atoms with Gasteiger partial charge in [-0.15, -0.1) is 0 Å². The molecule has 2 unspecified atom stereocenters. The molecule has 1 nitrogen and oxygen atoms in total. The Hall–Kier alpha value is -0.0400. The third-order valence-electron chi connectivity index (χ3n) is 3.55. The van der Waals surface area contributed by atoms with Crippen molar-refractivity contribution in [2.45, 2.75) is 71.3 Å². The molecule has 1 saturated carbocycles. The maximum absolute atomic E-state index is 3.71. The van der Waals surface area contributed by atoms with Crippen LogP contribution in [0.3, 0.4) is 0 Å². The fourth-order valence-electron chi connectivity index (χ4n) is 2.46. The lowest BCUT2D eigenvalue weighted by Crippen LogP contribution is -2.31. The predicted molar refractivity (Wildman–Crippen MR) is 63.6 cm³/mol. The number of hydrogen-bond acceptors (Lipinski definition) is 1. The first kappa shape index (κ1) is 12.0. The van der Waals surface area contributed by atoms with Crippen LogP contribution in [-0.2, 0) is 0 Å². The molecule has 1 aliphatic rings. The first-order valence-electron chi connectivity index (χ1n) is 6.58. The molecule has 84 valence electrons. The molecule has 0 heterocycles. The molecule has 0 aromatic rings. The van der Waals surface area contributed by atoms with E-state index in [4.69, 9.17) is 0 Å². The predicted octanol–water partition coefficient (Wildman–Crippen LogP) is 3.74. The van der Waals surface area contributed by atoms with Gasteiger partial charge in [0.15, 0.2) is 0 Å². The van der Waals surface area contributed by atoms with Crippen molar-refractivity contribution in [3.05, 3.63) is 0 Å². The largest absolute Gasteiger partial charge is 0.314 e. The van der Waals surface area contributed by atoms with Gasteiger partial charge >= 0.3 is 0 Å². The van der Waals surface area contributed by atoms with E-state index in [0.717, 1.165) is 12.0 Å². The van der Waals surface area contributed by atoms with Crippen molar-refractivity contribution in [2.24, 2.45) is 5.92 Å². The molecular weight excluding hydrogens is 170 g/mol. The van der Waals surface area contributed by atoms with Gasteiger partial charge in [-0.1, -0.05) is 46.0 Å². The fraction of sp³-hybridized carbons (Fsp3) is 1.00. The van der Waals surface area contributed by atoms with Crippen molar-refractivity contribution in [3.8, 4) is 0 Å². The summed E-state index contributed by atoms with van der Waals surface area (Å²) in [5.41, 5.74) is 0. The molecule has 1 heteroatoms. The zero-order chi connectivity index (χ0) is 10.2. The highest BCUT2D eigenvalue weighted by Crippen LogP contribution is 2.24. The molecule has 1 rings (SSSR count). The smallest absolute Gasteiger partial charge is 0.00926 e. The lowest BCUT2D eigenvalue weighted by atomic mass is 10.1. The number of unbranched alkanes of at least 4 members (excludes halogenated alkanes) is 4. The molecule has 1 aliphatic carbocycles. The summed E-state index contributed by atoms with van der Waals surface area (Å²) in [6.07, 6.45) is 11.3. The van der Waals surface area contributed by atoms with Crippen LogP contribution >= 0.6 is 0 Å². The van der Waals surface area contributed by atoms with E-state index in [1.807, 2.05) is 0 Å². The van der Waals surface area contributed by atoms with Crippen LogP contribution in [0.5, 0.6) is 0 Å². The molecule has 1 fully saturated rings. The lowest BCUT2D eigenvalue weighted by Gasteiger charge is -2.16. The maximum atomic E-state index is 3.71. The molecule has 1 N–H and O–H groups in total. The average molecular weight is 197 g/mol. The van der Waals surface area contributed by atoms with Crippen molar-refractivity contribution in [1.29, 1.82) is 0 Å². The Morgan fingerprint density at radius 3 is 2.50 bits per heavy atom. The van der Waals surface area contributed by atoms with Gasteiger partial charge in [-0.25, -0.2) is 0 Å². The van der Waals surface area contributed by atoms with Gasteiger partial charge in [-0.05, 0) is 31.7 Å². The molecule has 0 aliphatic heterocycles. The molecule has 0 radical (unpaired) electrons. The standard InChI is InChI=1S/C13H27N/c1-3-4-5-6-7-11-14-13-10-8-9-12(13)2/h12-14H,3-11H2,1-2H3. The van der Waals surface area contributed by atoms with Crippen molar-refractivity contribution < 1.29 is 0 Å². The zero-order valence-electron chi connectivity index (χ0n) is 10.0. The van der Waals surface area contributed by atoms with Crippen molar-refractivity contribution in [1.82, 2.24) is 5.32 Å². The molecule has 0 bridgehead atoms. The van der Waals surface area contributed by atoms with Crippen LogP contribution in [0.1, 0.15) is 65.2 Å². The minimum atomic E-state index is 0.834. The second-order valence-electron chi connectivity index (χ2n) is 4.88. The molecular formula is C13H27N. The molecule has 0 saturated heterocycles. The topological polar surface area (TPSA) is 12.0 Å². The summed E-state index contributed by atoms with van der Waals surface area (Å²) in [5, 5.41) is 3.71. The maximum Gasteiger partial charge on any atom is 0.00926 e. The van der Waals surface area contributed by atoms with Gasteiger partial charge in [0.05, 0.1) is 0 Å². The lowest BCUT2D eigenvalue weighted by molar-refractivity contribution is 0.419. The Morgan fingerprint density at radius 1 is 1.07 bits per heavy atom.